The van der Waals surface area contributed by atoms with Crippen LogP contribution < -0.4 is 0 Å². The molecule has 24 heavy (non-hydrogen) atoms. The fourth-order valence-corrected chi connectivity index (χ4v) is 2.35. The van der Waals surface area contributed by atoms with Crippen LogP contribution in [0.4, 0.5) is 0 Å². The predicted octanol–water partition coefficient (Wildman–Crippen LogP) is 0.764. The smallest absolute Gasteiger partial charge is 0.378 e. The molecule has 2 rings (SSSR count). The van der Waals surface area contributed by atoms with Gasteiger partial charge < -0.3 is 28.4 Å². The molecule has 134 valence electrons. The second-order valence-electron chi connectivity index (χ2n) is 5.77. The molecule has 0 N–H and O–H groups in total. The Morgan fingerprint density at radius 1 is 1.25 bits per heavy atom. The van der Waals surface area contributed by atoms with Crippen molar-refractivity contribution in [2.24, 2.45) is 0 Å². The maximum Gasteiger partial charge on any atom is 0.378 e. The second kappa shape index (κ2) is 6.78. The minimum Gasteiger partial charge on any atom is -0.451 e. The van der Waals surface area contributed by atoms with Gasteiger partial charge in [-0.3, -0.25) is 9.59 Å². The van der Waals surface area contributed by atoms with E-state index in [4.69, 9.17) is 28.4 Å². The highest BCUT2D eigenvalue weighted by atomic mass is 16.8. The van der Waals surface area contributed by atoms with E-state index < -0.39 is 42.2 Å². The van der Waals surface area contributed by atoms with Crippen LogP contribution in [0, 0.1) is 0 Å². The Hall–Kier alpha value is -2.13. The summed E-state index contributed by atoms with van der Waals surface area (Å²) in [6.45, 7) is 7.37. The fourth-order valence-electron chi connectivity index (χ4n) is 2.35. The number of esters is 3. The average molecular weight is 344 g/mol. The van der Waals surface area contributed by atoms with Crippen LogP contribution in [0.25, 0.3) is 0 Å². The summed E-state index contributed by atoms with van der Waals surface area (Å²) in [4.78, 5) is 34.3. The first-order valence-corrected chi connectivity index (χ1v) is 7.38. The van der Waals surface area contributed by atoms with Crippen LogP contribution in [0.2, 0.25) is 0 Å². The number of hydrogen-bond donors (Lipinski definition) is 0. The van der Waals surface area contributed by atoms with Crippen molar-refractivity contribution < 1.29 is 42.8 Å². The SMILES string of the molecule is CC(=O)OC1=C(OC(C)OC(C)=O)C(C2COC(C)(C)O2)OC1=O. The Kier molecular flexibility index (Phi) is 5.14. The van der Waals surface area contributed by atoms with Gasteiger partial charge in [-0.1, -0.05) is 0 Å². The third-order valence-electron chi connectivity index (χ3n) is 3.14. The van der Waals surface area contributed by atoms with Gasteiger partial charge in [0.05, 0.1) is 6.61 Å². The summed E-state index contributed by atoms with van der Waals surface area (Å²) in [5.74, 6) is -3.47. The van der Waals surface area contributed by atoms with Crippen molar-refractivity contribution in [1.82, 2.24) is 0 Å². The molecule has 0 radical (unpaired) electrons. The van der Waals surface area contributed by atoms with Gasteiger partial charge in [0.2, 0.25) is 6.29 Å². The summed E-state index contributed by atoms with van der Waals surface area (Å²) in [6, 6.07) is 0. The normalized spacial score (nSPS) is 26.8. The van der Waals surface area contributed by atoms with E-state index in [0.717, 1.165) is 6.92 Å². The Labute approximate surface area is 138 Å². The van der Waals surface area contributed by atoms with Gasteiger partial charge in [-0.25, -0.2) is 4.79 Å². The minimum atomic E-state index is -1.02. The maximum atomic E-state index is 12.0. The van der Waals surface area contributed by atoms with Crippen molar-refractivity contribution in [1.29, 1.82) is 0 Å². The monoisotopic (exact) mass is 344 g/mol. The highest BCUT2D eigenvalue weighted by Gasteiger charge is 2.49. The zero-order valence-electron chi connectivity index (χ0n) is 14.1. The molecular formula is C15H20O9. The average Bonchev–Trinajstić information content (AvgIpc) is 2.91. The zero-order chi connectivity index (χ0) is 18.1. The number of hydrogen-bond acceptors (Lipinski definition) is 9. The second-order valence-corrected chi connectivity index (χ2v) is 5.77. The molecule has 1 fully saturated rings. The van der Waals surface area contributed by atoms with Crippen LogP contribution in [-0.4, -0.2) is 48.8 Å². The maximum absolute atomic E-state index is 12.0. The molecule has 0 aliphatic carbocycles. The summed E-state index contributed by atoms with van der Waals surface area (Å²) >= 11 is 0. The topological polar surface area (TPSA) is 107 Å². The van der Waals surface area contributed by atoms with Gasteiger partial charge in [-0.2, -0.15) is 0 Å². The van der Waals surface area contributed by atoms with Gasteiger partial charge in [0.25, 0.3) is 5.76 Å². The van der Waals surface area contributed by atoms with Crippen LogP contribution in [0.5, 0.6) is 0 Å². The summed E-state index contributed by atoms with van der Waals surface area (Å²) in [5, 5.41) is 0. The predicted molar refractivity (Wildman–Crippen MR) is 75.9 cm³/mol. The van der Waals surface area contributed by atoms with E-state index in [2.05, 4.69) is 0 Å². The van der Waals surface area contributed by atoms with Crippen LogP contribution in [0.3, 0.4) is 0 Å². The lowest BCUT2D eigenvalue weighted by atomic mass is 10.2. The third-order valence-corrected chi connectivity index (χ3v) is 3.14. The molecule has 9 nitrogen and oxygen atoms in total. The molecule has 2 aliphatic heterocycles. The van der Waals surface area contributed by atoms with Crippen molar-refractivity contribution in [2.75, 3.05) is 6.61 Å². The van der Waals surface area contributed by atoms with Crippen molar-refractivity contribution in [3.63, 3.8) is 0 Å². The molecule has 0 spiro atoms. The van der Waals surface area contributed by atoms with E-state index in [0.29, 0.717) is 0 Å². The molecular weight excluding hydrogens is 324 g/mol. The standard InChI is InChI=1S/C15H20O9/c1-7(16)20-9(3)22-12-11(10-6-19-15(4,5)24-10)23-14(18)13(12)21-8(2)17/h9-11H,6H2,1-5H3. The number of rotatable bonds is 5. The molecule has 0 bridgehead atoms. The van der Waals surface area contributed by atoms with E-state index in [1.165, 1.54) is 13.8 Å². The van der Waals surface area contributed by atoms with Crippen LogP contribution in [0.1, 0.15) is 34.6 Å². The van der Waals surface area contributed by atoms with E-state index in [1.807, 2.05) is 0 Å². The molecule has 0 amide bonds. The Morgan fingerprint density at radius 2 is 1.92 bits per heavy atom. The first-order valence-electron chi connectivity index (χ1n) is 7.38. The summed E-state index contributed by atoms with van der Waals surface area (Å²) < 4.78 is 31.6. The van der Waals surface area contributed by atoms with Gasteiger partial charge in [-0.05, 0) is 13.8 Å². The van der Waals surface area contributed by atoms with Crippen molar-refractivity contribution >= 4 is 17.9 Å². The molecule has 0 aromatic heterocycles. The lowest BCUT2D eigenvalue weighted by molar-refractivity contribution is -0.175. The van der Waals surface area contributed by atoms with Gasteiger partial charge >= 0.3 is 17.9 Å². The summed E-state index contributed by atoms with van der Waals surface area (Å²) in [5.41, 5.74) is 0. The minimum absolute atomic E-state index is 0.0738. The molecule has 3 atom stereocenters. The lowest BCUT2D eigenvalue weighted by Gasteiger charge is -2.23. The first-order chi connectivity index (χ1) is 11.1. The quantitative estimate of drug-likeness (QED) is 0.406. The van der Waals surface area contributed by atoms with Crippen LogP contribution in [-0.2, 0) is 42.8 Å². The highest BCUT2D eigenvalue weighted by molar-refractivity contribution is 5.92. The zero-order valence-corrected chi connectivity index (χ0v) is 14.1. The number of carbonyl (C=O) groups is 3. The number of cyclic esters (lactones) is 1. The largest absolute Gasteiger partial charge is 0.451 e. The van der Waals surface area contributed by atoms with E-state index in [1.54, 1.807) is 13.8 Å². The highest BCUT2D eigenvalue weighted by Crippen LogP contribution is 2.34. The van der Waals surface area contributed by atoms with Gasteiger partial charge in [-0.15, -0.1) is 0 Å². The Bertz CT molecular complexity index is 577. The number of ether oxygens (including phenoxy) is 6. The molecule has 2 aliphatic rings. The Balaban J connectivity index is 2.25. The molecule has 0 aromatic rings. The fraction of sp³-hybridized carbons (Fsp3) is 0.667. The van der Waals surface area contributed by atoms with Crippen LogP contribution >= 0.6 is 0 Å². The molecule has 1 saturated heterocycles. The van der Waals surface area contributed by atoms with Crippen molar-refractivity contribution in [2.45, 2.75) is 58.9 Å². The number of carbonyl (C=O) groups excluding carboxylic acids is 3. The van der Waals surface area contributed by atoms with Crippen molar-refractivity contribution in [3.05, 3.63) is 11.5 Å². The Morgan fingerprint density at radius 3 is 2.42 bits per heavy atom. The third kappa shape index (κ3) is 4.24. The van der Waals surface area contributed by atoms with E-state index in [9.17, 15) is 14.4 Å². The van der Waals surface area contributed by atoms with E-state index >= 15 is 0 Å². The molecule has 9 heteroatoms. The van der Waals surface area contributed by atoms with Gasteiger partial charge in [0, 0.05) is 20.8 Å². The van der Waals surface area contributed by atoms with Crippen molar-refractivity contribution in [3.8, 4) is 0 Å². The van der Waals surface area contributed by atoms with E-state index in [-0.39, 0.29) is 18.1 Å². The summed E-state index contributed by atoms with van der Waals surface area (Å²) in [7, 11) is 0. The first kappa shape index (κ1) is 18.2. The van der Waals surface area contributed by atoms with Crippen LogP contribution in [0.15, 0.2) is 11.5 Å². The molecule has 3 unspecified atom stereocenters. The summed E-state index contributed by atoms with van der Waals surface area (Å²) in [6.07, 6.45) is -2.65. The van der Waals surface area contributed by atoms with Gasteiger partial charge in [0.1, 0.15) is 6.10 Å². The van der Waals surface area contributed by atoms with Gasteiger partial charge in [0.15, 0.2) is 17.7 Å². The lowest BCUT2D eigenvalue weighted by Crippen LogP contribution is -2.34. The molecule has 0 aromatic carbocycles. The molecule has 0 saturated carbocycles. The molecule has 2 heterocycles.